The normalized spacial score (nSPS) is 8.93. The minimum atomic E-state index is -1.94. The Bertz CT molecular complexity index is 144. The molecule has 96 valence electrons. The third kappa shape index (κ3) is 39.2. The van der Waals surface area contributed by atoms with Gasteiger partial charge in [-0.2, -0.15) is 0 Å². The summed E-state index contributed by atoms with van der Waals surface area (Å²) < 4.78 is 15.7. The van der Waals surface area contributed by atoms with Crippen LogP contribution in [0.15, 0.2) is 0 Å². The van der Waals surface area contributed by atoms with E-state index in [0.29, 0.717) is 6.61 Å². The van der Waals surface area contributed by atoms with Crippen molar-refractivity contribution in [2.24, 2.45) is 0 Å². The van der Waals surface area contributed by atoms with E-state index in [9.17, 15) is 4.57 Å². The summed E-state index contributed by atoms with van der Waals surface area (Å²) in [6.07, 6.45) is 0. The molecular weight excluding hydrogens is 277 g/mol. The second-order valence-corrected chi connectivity index (χ2v) is 4.57. The van der Waals surface area contributed by atoms with E-state index < -0.39 is 7.38 Å². The van der Waals surface area contributed by atoms with Crippen molar-refractivity contribution in [2.45, 2.75) is 0 Å². The van der Waals surface area contributed by atoms with Gasteiger partial charge in [0, 0.05) is 0 Å². The van der Waals surface area contributed by atoms with Gasteiger partial charge >= 0.3 is 45.1 Å². The van der Waals surface area contributed by atoms with Gasteiger partial charge in [0.25, 0.3) is 0 Å². The molecule has 1 atom stereocenters. The maximum Gasteiger partial charge on any atom is 2.00 e. The van der Waals surface area contributed by atoms with Gasteiger partial charge in [-0.15, -0.1) is 4.52 Å². The van der Waals surface area contributed by atoms with Gasteiger partial charge in [-0.1, -0.05) is 0 Å². The zero-order valence-electron chi connectivity index (χ0n) is 11.2. The topological polar surface area (TPSA) is 152 Å². The number of nitrogens with zero attached hydrogens (tertiary/aromatic N) is 1. The van der Waals surface area contributed by atoms with E-state index >= 15 is 0 Å². The number of hydrogen-bond acceptors (Lipinski definition) is 2. The van der Waals surface area contributed by atoms with Crippen LogP contribution in [0.1, 0.15) is 2.85 Å². The first-order chi connectivity index (χ1) is 4.42. The summed E-state index contributed by atoms with van der Waals surface area (Å²) in [4.78, 5) is 0. The quantitative estimate of drug-likeness (QED) is 0.340. The molecule has 0 spiro atoms. The predicted octanol–water partition coefficient (Wildman–Crippen LogP) is -1.85. The van der Waals surface area contributed by atoms with Crippen LogP contribution in [0.4, 0.5) is 0 Å². The number of halogens is 1. The molecule has 0 amide bonds. The molecule has 10 heteroatoms. The number of rotatable bonds is 4. The second-order valence-electron chi connectivity index (χ2n) is 3.06. The molecule has 0 radical (unpaired) electrons. The molecule has 0 aliphatic carbocycles. The molecule has 1 unspecified atom stereocenters. The van der Waals surface area contributed by atoms with Crippen LogP contribution in [0.3, 0.4) is 0 Å². The van der Waals surface area contributed by atoms with Crippen LogP contribution in [0.25, 0.3) is 0 Å². The van der Waals surface area contributed by atoms with Crippen molar-refractivity contribution in [1.29, 1.82) is 0 Å². The SMILES string of the molecule is C[N+](C)(C)CCO[P+](=O)Cl.O.O.O.O.[Ca+2].[H-].[H-]. The number of quaternary nitrogens is 1. The van der Waals surface area contributed by atoms with Crippen molar-refractivity contribution < 1.29 is 38.3 Å². The van der Waals surface area contributed by atoms with E-state index in [-0.39, 0.29) is 62.5 Å². The molecule has 0 aromatic heterocycles. The van der Waals surface area contributed by atoms with Crippen molar-refractivity contribution in [2.75, 3.05) is 34.3 Å². The van der Waals surface area contributed by atoms with Crippen molar-refractivity contribution in [1.82, 2.24) is 0 Å². The Morgan fingerprint density at radius 2 is 1.53 bits per heavy atom. The van der Waals surface area contributed by atoms with Crippen LogP contribution in [-0.2, 0) is 9.09 Å². The summed E-state index contributed by atoms with van der Waals surface area (Å²) >= 11 is 5.09. The summed E-state index contributed by atoms with van der Waals surface area (Å²) in [5, 5.41) is 0. The molecular formula is C5H23CaClNO6P+2. The maximum atomic E-state index is 10.2. The molecule has 0 aliphatic heterocycles. The number of likely N-dealkylation sites (N-methyl/N-ethyl adjacent to an activating group) is 1. The Kier molecular flexibility index (Phi) is 42.7. The molecule has 0 heterocycles. The van der Waals surface area contributed by atoms with Crippen LogP contribution in [0, 0.1) is 0 Å². The smallest absolute Gasteiger partial charge is 1.00 e. The Labute approximate surface area is 128 Å². The molecule has 0 aliphatic rings. The Morgan fingerprint density at radius 3 is 1.73 bits per heavy atom. The molecule has 0 rings (SSSR count). The average molecular weight is 300 g/mol. The first-order valence-corrected chi connectivity index (χ1v) is 5.06. The summed E-state index contributed by atoms with van der Waals surface area (Å²) in [5.74, 6) is 0. The van der Waals surface area contributed by atoms with Crippen molar-refractivity contribution in [3.8, 4) is 0 Å². The third-order valence-corrected chi connectivity index (χ3v) is 1.63. The van der Waals surface area contributed by atoms with Gasteiger partial charge in [-0.05, 0) is 4.57 Å². The van der Waals surface area contributed by atoms with E-state index in [1.54, 1.807) is 0 Å². The standard InChI is InChI=1S/C5H13ClNO2P.Ca.4H2O.2H/c1-7(2,3)4-5-9-10(6)8;;;;;;;/h4-5H2,1-3H3;;4*1H2;;/q2*+2;;;;;2*-1. The van der Waals surface area contributed by atoms with Gasteiger partial charge in [0.05, 0.1) is 21.1 Å². The van der Waals surface area contributed by atoms with E-state index in [2.05, 4.69) is 4.52 Å². The molecule has 0 fully saturated rings. The van der Waals surface area contributed by atoms with E-state index in [4.69, 9.17) is 11.2 Å². The van der Waals surface area contributed by atoms with Crippen molar-refractivity contribution >= 4 is 56.4 Å². The first-order valence-electron chi connectivity index (χ1n) is 2.98. The molecule has 0 aromatic carbocycles. The fourth-order valence-corrected chi connectivity index (χ4v) is 0.819. The van der Waals surface area contributed by atoms with Crippen molar-refractivity contribution in [3.63, 3.8) is 0 Å². The third-order valence-electron chi connectivity index (χ3n) is 0.955. The zero-order valence-corrected chi connectivity index (χ0v) is 13.1. The van der Waals surface area contributed by atoms with Crippen molar-refractivity contribution in [3.05, 3.63) is 0 Å². The predicted molar refractivity (Wildman–Crippen MR) is 64.7 cm³/mol. The summed E-state index contributed by atoms with van der Waals surface area (Å²) in [6, 6.07) is 0. The summed E-state index contributed by atoms with van der Waals surface area (Å²) in [7, 11) is 4.16. The van der Waals surface area contributed by atoms with E-state index in [0.717, 1.165) is 11.0 Å². The van der Waals surface area contributed by atoms with Gasteiger partial charge in [-0.3, -0.25) is 0 Å². The average Bonchev–Trinajstić information content (AvgIpc) is 1.59. The molecule has 0 saturated carbocycles. The monoisotopic (exact) mass is 299 g/mol. The molecule has 0 aromatic rings. The molecule has 7 nitrogen and oxygen atoms in total. The Morgan fingerprint density at radius 1 is 1.20 bits per heavy atom. The van der Waals surface area contributed by atoms with Gasteiger partial charge in [-0.25, -0.2) is 0 Å². The van der Waals surface area contributed by atoms with E-state index in [1.807, 2.05) is 21.1 Å². The first kappa shape index (κ1) is 36.0. The minimum absolute atomic E-state index is 0. The Hall–Kier alpha value is 1.41. The largest absolute Gasteiger partial charge is 2.00 e. The maximum absolute atomic E-state index is 10.2. The van der Waals surface area contributed by atoms with Crippen LogP contribution < -0.4 is 0 Å². The fourth-order valence-electron chi connectivity index (χ4n) is 0.386. The minimum Gasteiger partial charge on any atom is -1.00 e. The van der Waals surface area contributed by atoms with Gasteiger partial charge < -0.3 is 29.2 Å². The summed E-state index contributed by atoms with van der Waals surface area (Å²) in [5.41, 5.74) is 0. The Balaban J connectivity index is -0.0000000193. The molecule has 8 N–H and O–H groups in total. The summed E-state index contributed by atoms with van der Waals surface area (Å²) in [6.45, 7) is 1.26. The number of hydrogen-bond donors (Lipinski definition) is 0. The van der Waals surface area contributed by atoms with E-state index in [1.165, 1.54) is 0 Å². The molecule has 0 bridgehead atoms. The van der Waals surface area contributed by atoms with Crippen LogP contribution in [0.5, 0.6) is 0 Å². The zero-order chi connectivity index (χ0) is 8.20. The molecule has 0 saturated heterocycles. The second kappa shape index (κ2) is 17.8. The van der Waals surface area contributed by atoms with Crippen LogP contribution >= 0.6 is 18.6 Å². The molecule has 15 heavy (non-hydrogen) atoms. The van der Waals surface area contributed by atoms with Crippen LogP contribution in [0.2, 0.25) is 0 Å². The van der Waals surface area contributed by atoms with Gasteiger partial charge in [0.15, 0.2) is 6.61 Å². The fraction of sp³-hybridized carbons (Fsp3) is 1.00. The van der Waals surface area contributed by atoms with Gasteiger partial charge in [0.1, 0.15) is 6.54 Å². The van der Waals surface area contributed by atoms with Crippen LogP contribution in [-0.4, -0.2) is 98.4 Å². The van der Waals surface area contributed by atoms with Gasteiger partial charge in [0.2, 0.25) is 11.2 Å².